The molecule has 0 spiro atoms. The van der Waals surface area contributed by atoms with Crippen molar-refractivity contribution in [2.24, 2.45) is 5.73 Å². The van der Waals surface area contributed by atoms with E-state index in [1.807, 2.05) is 30.3 Å². The van der Waals surface area contributed by atoms with Crippen LogP contribution < -0.4 is 16.4 Å². The second kappa shape index (κ2) is 8.76. The molecule has 4 rings (SSSR count). The van der Waals surface area contributed by atoms with E-state index >= 15 is 0 Å². The van der Waals surface area contributed by atoms with E-state index in [4.69, 9.17) is 17.3 Å². The summed E-state index contributed by atoms with van der Waals surface area (Å²) in [5.74, 6) is 1.21. The Labute approximate surface area is 174 Å². The Bertz CT molecular complexity index is 996. The highest BCUT2D eigenvalue weighted by molar-refractivity contribution is 6.33. The summed E-state index contributed by atoms with van der Waals surface area (Å²) < 4.78 is 13.4. The second-order valence-electron chi connectivity index (χ2n) is 7.36. The van der Waals surface area contributed by atoms with Crippen LogP contribution in [0.15, 0.2) is 54.7 Å². The SMILES string of the molecule is NC1CCC(Nc2cc(-c3cccc(NCc4cccc(F)c4)n3)c(Cl)cn2)C1. The van der Waals surface area contributed by atoms with Crippen LogP contribution in [0.2, 0.25) is 5.02 Å². The maximum Gasteiger partial charge on any atom is 0.126 e. The molecule has 0 amide bonds. The molecule has 150 valence electrons. The summed E-state index contributed by atoms with van der Waals surface area (Å²) >= 11 is 6.40. The van der Waals surface area contributed by atoms with Crippen LogP contribution in [0.5, 0.6) is 0 Å². The van der Waals surface area contributed by atoms with Crippen molar-refractivity contribution >= 4 is 23.2 Å². The summed E-state index contributed by atoms with van der Waals surface area (Å²) in [6, 6.07) is 14.7. The first-order chi connectivity index (χ1) is 14.1. The predicted octanol–water partition coefficient (Wildman–Crippen LogP) is 4.84. The molecule has 2 heterocycles. The quantitative estimate of drug-likeness (QED) is 0.541. The van der Waals surface area contributed by atoms with E-state index < -0.39 is 0 Å². The van der Waals surface area contributed by atoms with Crippen molar-refractivity contribution in [1.82, 2.24) is 9.97 Å². The molecular weight excluding hydrogens is 389 g/mol. The van der Waals surface area contributed by atoms with Crippen molar-refractivity contribution in [3.05, 3.63) is 71.1 Å². The maximum atomic E-state index is 13.4. The molecule has 4 N–H and O–H groups in total. The third-order valence-corrected chi connectivity index (χ3v) is 5.37. The van der Waals surface area contributed by atoms with Gasteiger partial charge in [-0.15, -0.1) is 0 Å². The van der Waals surface area contributed by atoms with E-state index in [1.165, 1.54) is 12.1 Å². The molecule has 1 aliphatic rings. The van der Waals surface area contributed by atoms with Crippen molar-refractivity contribution < 1.29 is 4.39 Å². The Morgan fingerprint density at radius 3 is 2.76 bits per heavy atom. The summed E-state index contributed by atoms with van der Waals surface area (Å²) in [5.41, 5.74) is 8.40. The molecule has 2 unspecified atom stereocenters. The fourth-order valence-electron chi connectivity index (χ4n) is 3.59. The Morgan fingerprint density at radius 2 is 1.97 bits per heavy atom. The third kappa shape index (κ3) is 5.02. The first-order valence-corrected chi connectivity index (χ1v) is 10.1. The number of rotatable bonds is 6. The number of hydrogen-bond acceptors (Lipinski definition) is 5. The molecule has 1 aromatic carbocycles. The van der Waals surface area contributed by atoms with Gasteiger partial charge < -0.3 is 16.4 Å². The van der Waals surface area contributed by atoms with Gasteiger partial charge in [-0.2, -0.15) is 0 Å². The highest BCUT2D eigenvalue weighted by Gasteiger charge is 2.22. The van der Waals surface area contributed by atoms with Gasteiger partial charge in [0.1, 0.15) is 17.5 Å². The van der Waals surface area contributed by atoms with Crippen LogP contribution in [0.4, 0.5) is 16.0 Å². The van der Waals surface area contributed by atoms with Gasteiger partial charge in [0.25, 0.3) is 0 Å². The first kappa shape index (κ1) is 19.6. The first-order valence-electron chi connectivity index (χ1n) is 9.70. The van der Waals surface area contributed by atoms with Gasteiger partial charge in [0, 0.05) is 30.4 Å². The molecule has 0 bridgehead atoms. The van der Waals surface area contributed by atoms with Crippen molar-refractivity contribution in [2.75, 3.05) is 10.6 Å². The largest absolute Gasteiger partial charge is 0.367 e. The van der Waals surface area contributed by atoms with Gasteiger partial charge in [-0.3, -0.25) is 0 Å². The predicted molar refractivity (Wildman–Crippen MR) is 115 cm³/mol. The van der Waals surface area contributed by atoms with Crippen molar-refractivity contribution in [3.8, 4) is 11.3 Å². The molecule has 2 atom stereocenters. The van der Waals surface area contributed by atoms with Crippen molar-refractivity contribution in [1.29, 1.82) is 0 Å². The molecule has 1 aliphatic carbocycles. The zero-order chi connectivity index (χ0) is 20.2. The second-order valence-corrected chi connectivity index (χ2v) is 7.76. The van der Waals surface area contributed by atoms with Crippen LogP contribution in [0, 0.1) is 5.82 Å². The molecule has 1 saturated carbocycles. The lowest BCUT2D eigenvalue weighted by atomic mass is 10.1. The molecule has 5 nitrogen and oxygen atoms in total. The van der Waals surface area contributed by atoms with Gasteiger partial charge in [-0.1, -0.05) is 29.8 Å². The number of nitrogens with two attached hydrogens (primary N) is 1. The van der Waals surface area contributed by atoms with E-state index in [1.54, 1.807) is 12.3 Å². The Kier molecular flexibility index (Phi) is 5.92. The van der Waals surface area contributed by atoms with E-state index in [9.17, 15) is 4.39 Å². The molecule has 2 aromatic heterocycles. The molecule has 1 fully saturated rings. The lowest BCUT2D eigenvalue weighted by Gasteiger charge is -2.15. The minimum atomic E-state index is -0.252. The van der Waals surface area contributed by atoms with Gasteiger partial charge in [0.2, 0.25) is 0 Å². The number of pyridine rings is 2. The Morgan fingerprint density at radius 1 is 1.10 bits per heavy atom. The number of aromatic nitrogens is 2. The number of nitrogens with zero attached hydrogens (tertiary/aromatic N) is 2. The highest BCUT2D eigenvalue weighted by Crippen LogP contribution is 2.30. The van der Waals surface area contributed by atoms with Crippen molar-refractivity contribution in [3.63, 3.8) is 0 Å². The summed E-state index contributed by atoms with van der Waals surface area (Å²) in [5, 5.41) is 7.21. The lowest BCUT2D eigenvalue weighted by Crippen LogP contribution is -2.21. The molecular formula is C22H23ClFN5. The zero-order valence-corrected chi connectivity index (χ0v) is 16.7. The molecule has 3 aromatic rings. The van der Waals surface area contributed by atoms with Gasteiger partial charge in [0.15, 0.2) is 0 Å². The van der Waals surface area contributed by atoms with Crippen molar-refractivity contribution in [2.45, 2.75) is 37.9 Å². The average Bonchev–Trinajstić information content (AvgIpc) is 3.13. The average molecular weight is 412 g/mol. The Balaban J connectivity index is 1.50. The summed E-state index contributed by atoms with van der Waals surface area (Å²) in [6.45, 7) is 0.479. The molecule has 0 aliphatic heterocycles. The van der Waals surface area contributed by atoms with Gasteiger partial charge in [-0.25, -0.2) is 14.4 Å². The van der Waals surface area contributed by atoms with Crippen LogP contribution in [0.25, 0.3) is 11.3 Å². The molecule has 7 heteroatoms. The topological polar surface area (TPSA) is 75.9 Å². The minimum absolute atomic E-state index is 0.252. The number of nitrogens with one attached hydrogen (secondary N) is 2. The standard InChI is InChI=1S/C22H23ClFN5/c23-19-13-27-22(28-17-8-7-16(25)10-17)11-18(19)20-5-2-6-21(29-20)26-12-14-3-1-4-15(24)9-14/h1-6,9,11,13,16-17H,7-8,10,12,25H2,(H,26,29)(H,27,28). The normalized spacial score (nSPS) is 18.6. The molecule has 0 saturated heterocycles. The van der Waals surface area contributed by atoms with E-state index in [-0.39, 0.29) is 11.9 Å². The van der Waals surface area contributed by atoms with Crippen LogP contribution in [0.1, 0.15) is 24.8 Å². The smallest absolute Gasteiger partial charge is 0.126 e. The summed E-state index contributed by atoms with van der Waals surface area (Å²) in [4.78, 5) is 9.06. The third-order valence-electron chi connectivity index (χ3n) is 5.07. The highest BCUT2D eigenvalue weighted by atomic mass is 35.5. The van der Waals surface area contributed by atoms with Gasteiger partial charge in [0.05, 0.1) is 10.7 Å². The number of benzene rings is 1. The summed E-state index contributed by atoms with van der Waals surface area (Å²) in [6.07, 6.45) is 4.65. The Hall–Kier alpha value is -2.70. The summed E-state index contributed by atoms with van der Waals surface area (Å²) in [7, 11) is 0. The van der Waals surface area contributed by atoms with Crippen LogP contribution in [-0.2, 0) is 6.54 Å². The zero-order valence-electron chi connectivity index (χ0n) is 15.9. The van der Waals surface area contributed by atoms with E-state index in [0.29, 0.717) is 23.4 Å². The minimum Gasteiger partial charge on any atom is -0.367 e. The fourth-order valence-corrected chi connectivity index (χ4v) is 3.79. The molecule has 0 radical (unpaired) electrons. The van der Waals surface area contributed by atoms with E-state index in [2.05, 4.69) is 20.6 Å². The maximum absolute atomic E-state index is 13.4. The number of hydrogen-bond donors (Lipinski definition) is 3. The number of halogens is 2. The van der Waals surface area contributed by atoms with Gasteiger partial charge in [-0.05, 0) is 55.2 Å². The fraction of sp³-hybridized carbons (Fsp3) is 0.273. The van der Waals surface area contributed by atoms with E-state index in [0.717, 1.165) is 41.9 Å². The van der Waals surface area contributed by atoms with Crippen LogP contribution >= 0.6 is 11.6 Å². The lowest BCUT2D eigenvalue weighted by molar-refractivity contribution is 0.626. The van der Waals surface area contributed by atoms with Crippen LogP contribution in [0.3, 0.4) is 0 Å². The number of anilines is 2. The monoisotopic (exact) mass is 411 g/mol. The molecule has 29 heavy (non-hydrogen) atoms. The van der Waals surface area contributed by atoms with Gasteiger partial charge >= 0.3 is 0 Å². The van der Waals surface area contributed by atoms with Crippen LogP contribution in [-0.4, -0.2) is 22.1 Å².